The van der Waals surface area contributed by atoms with Gasteiger partial charge in [-0.2, -0.15) is 0 Å². The average molecular weight is 994 g/mol. The third-order valence-corrected chi connectivity index (χ3v) is 18.0. The SMILES string of the molecule is CO[C@H]1[C@@H](O)[C@H](n2cnc3c(CNC(=O)CCCCCNC(=O)CCCCCO[C@@H]4CC[C@]5(C)C6C[C@@H](O)[C@]7(C)[C@@H](C8=CC(=O)OC8)CC[C@]7(O)C6CC[C@@H]5C4)ncnc32)O[C@@H]1CN(C)CCCC(=O)O. The van der Waals surface area contributed by atoms with E-state index in [1.807, 2.05) is 11.9 Å². The number of aliphatic hydroxyl groups is 3. The van der Waals surface area contributed by atoms with Crippen LogP contribution in [0.25, 0.3) is 11.2 Å². The number of unbranched alkanes of at least 4 members (excludes halogenated alkanes) is 4. The molecule has 6 aliphatic rings. The summed E-state index contributed by atoms with van der Waals surface area (Å²) in [6.07, 6.45) is 14.5. The van der Waals surface area contributed by atoms with Crippen LogP contribution in [0, 0.1) is 34.5 Å². The van der Waals surface area contributed by atoms with Crippen molar-refractivity contribution in [3.63, 3.8) is 0 Å². The van der Waals surface area contributed by atoms with Crippen molar-refractivity contribution in [1.82, 2.24) is 35.1 Å². The fourth-order valence-corrected chi connectivity index (χ4v) is 14.0. The molecular weight excluding hydrogens is 915 g/mol. The molecule has 4 heterocycles. The minimum absolute atomic E-state index is 0.0417. The summed E-state index contributed by atoms with van der Waals surface area (Å²) in [6, 6.07) is 0. The van der Waals surface area contributed by atoms with E-state index in [2.05, 4.69) is 39.4 Å². The average Bonchev–Trinajstić information content (AvgIpc) is 4.11. The molecule has 19 nitrogen and oxygen atoms in total. The van der Waals surface area contributed by atoms with Crippen molar-refractivity contribution in [3.8, 4) is 0 Å². The van der Waals surface area contributed by atoms with E-state index >= 15 is 0 Å². The second-order valence-corrected chi connectivity index (χ2v) is 22.0. The van der Waals surface area contributed by atoms with Crippen LogP contribution in [-0.2, 0) is 44.7 Å². The summed E-state index contributed by atoms with van der Waals surface area (Å²) in [6.45, 7) is 7.11. The third-order valence-electron chi connectivity index (χ3n) is 18.0. The van der Waals surface area contributed by atoms with E-state index in [4.69, 9.17) is 24.1 Å². The van der Waals surface area contributed by atoms with Gasteiger partial charge in [0.1, 0.15) is 36.8 Å². The van der Waals surface area contributed by atoms with Crippen LogP contribution in [0.15, 0.2) is 24.3 Å². The number of carboxylic acid groups (broad SMARTS) is 1. The zero-order chi connectivity index (χ0) is 50.5. The van der Waals surface area contributed by atoms with Crippen molar-refractivity contribution in [1.29, 1.82) is 0 Å². The molecule has 2 aromatic heterocycles. The number of carbonyl (C=O) groups is 4. The number of nitrogens with one attached hydrogen (secondary N) is 2. The summed E-state index contributed by atoms with van der Waals surface area (Å²) in [5.41, 5.74) is 0.771. The number of hydrogen-bond acceptors (Lipinski definition) is 15. The number of amides is 2. The van der Waals surface area contributed by atoms with Gasteiger partial charge in [-0.15, -0.1) is 0 Å². The number of rotatable bonds is 24. The Hall–Kier alpha value is -4.11. The van der Waals surface area contributed by atoms with E-state index in [1.54, 1.807) is 10.6 Å². The number of aliphatic carboxylic acids is 1. The second-order valence-electron chi connectivity index (χ2n) is 22.0. The van der Waals surface area contributed by atoms with Crippen molar-refractivity contribution in [2.75, 3.05) is 47.0 Å². The van der Waals surface area contributed by atoms with Gasteiger partial charge in [0.2, 0.25) is 11.8 Å². The molecule has 0 bridgehead atoms. The van der Waals surface area contributed by atoms with Crippen molar-refractivity contribution >= 4 is 34.9 Å². The number of ether oxygens (including phenoxy) is 4. The monoisotopic (exact) mass is 994 g/mol. The Kier molecular flexibility index (Phi) is 17.2. The standard InChI is InChI=1S/C52H79N7O12/c1-50-19-17-34(25-33(50)15-16-36-37(50)26-40(60)51(2)35(18-20-52(36,51)67)32-24-44(65)70-29-32)69-23-10-6-8-12-41(61)53-21-9-5-7-13-42(62)54-27-38-45-48(56-30-55-38)59(31-57-45)49-46(66)47(68-4)39(71-49)28-58(3)22-11-14-43(63)64/h24,30-31,33-37,39-40,46-47,49,60,66-67H,5-23,25-29H2,1-4H3,(H,53,61)(H,54,62)(H,63,64)/t33-,34-,35-,36?,37?,39-,40-,46-,47-,49-,50+,51+,52+/m1/s1. The van der Waals surface area contributed by atoms with E-state index in [1.165, 1.54) is 19.8 Å². The Bertz CT molecular complexity index is 2230. The maximum atomic E-state index is 12.8. The van der Waals surface area contributed by atoms with Gasteiger partial charge in [0, 0.05) is 57.6 Å². The maximum absolute atomic E-state index is 12.8. The molecule has 0 aromatic carbocycles. The zero-order valence-corrected chi connectivity index (χ0v) is 42.3. The van der Waals surface area contributed by atoms with E-state index in [0.717, 1.165) is 76.2 Å². The van der Waals surface area contributed by atoms with E-state index < -0.39 is 47.6 Å². The molecule has 0 spiro atoms. The van der Waals surface area contributed by atoms with E-state index in [0.29, 0.717) is 87.5 Å². The van der Waals surface area contributed by atoms with Crippen LogP contribution in [0.3, 0.4) is 0 Å². The summed E-state index contributed by atoms with van der Waals surface area (Å²) >= 11 is 0. The largest absolute Gasteiger partial charge is 0.481 e. The number of cyclic esters (lactones) is 1. The van der Waals surface area contributed by atoms with Gasteiger partial charge in [-0.3, -0.25) is 19.0 Å². The van der Waals surface area contributed by atoms with Gasteiger partial charge < -0.3 is 54.9 Å². The van der Waals surface area contributed by atoms with Crippen LogP contribution in [0.5, 0.6) is 0 Å². The van der Waals surface area contributed by atoms with Crippen molar-refractivity contribution < 1.29 is 58.6 Å². The van der Waals surface area contributed by atoms with Gasteiger partial charge in [0.25, 0.3) is 0 Å². The van der Waals surface area contributed by atoms with Crippen LogP contribution in [0.4, 0.5) is 0 Å². The van der Waals surface area contributed by atoms with Gasteiger partial charge in [-0.1, -0.05) is 26.7 Å². The van der Waals surface area contributed by atoms with Crippen molar-refractivity contribution in [3.05, 3.63) is 30.0 Å². The van der Waals surface area contributed by atoms with Crippen LogP contribution >= 0.6 is 0 Å². The lowest BCUT2D eigenvalue weighted by Crippen LogP contribution is -2.67. The highest BCUT2D eigenvalue weighted by Gasteiger charge is 2.71. The number of imidazole rings is 1. The number of fused-ring (bicyclic) bond motifs is 6. The molecule has 2 amide bonds. The van der Waals surface area contributed by atoms with Gasteiger partial charge in [0.15, 0.2) is 11.9 Å². The molecule has 4 aliphatic carbocycles. The normalized spacial score (nSPS) is 34.4. The highest BCUT2D eigenvalue weighted by atomic mass is 16.6. The van der Waals surface area contributed by atoms with Crippen molar-refractivity contribution in [2.24, 2.45) is 34.5 Å². The summed E-state index contributed by atoms with van der Waals surface area (Å²) in [4.78, 5) is 63.4. The third kappa shape index (κ3) is 11.2. The molecule has 2 aliphatic heterocycles. The molecule has 394 valence electrons. The lowest BCUT2D eigenvalue weighted by Gasteiger charge is -2.65. The summed E-state index contributed by atoms with van der Waals surface area (Å²) in [5.74, 6) is -0.419. The Morgan fingerprint density at radius 3 is 2.44 bits per heavy atom. The number of aliphatic hydroxyl groups excluding tert-OH is 2. The first-order valence-electron chi connectivity index (χ1n) is 26.4. The number of hydrogen-bond donors (Lipinski definition) is 6. The minimum Gasteiger partial charge on any atom is -0.481 e. The smallest absolute Gasteiger partial charge is 0.331 e. The summed E-state index contributed by atoms with van der Waals surface area (Å²) in [5, 5.41) is 50.5. The van der Waals surface area contributed by atoms with Crippen LogP contribution in [0.1, 0.15) is 141 Å². The number of nitrogens with zero attached hydrogens (tertiary/aromatic N) is 5. The Labute approximate surface area is 417 Å². The predicted octanol–water partition coefficient (Wildman–Crippen LogP) is 4.36. The Morgan fingerprint density at radius 2 is 1.69 bits per heavy atom. The number of aromatic nitrogens is 4. The molecule has 13 atom stereocenters. The van der Waals surface area contributed by atoms with Gasteiger partial charge in [-0.05, 0) is 132 Å². The number of esters is 1. The molecule has 71 heavy (non-hydrogen) atoms. The number of carboxylic acids is 1. The van der Waals surface area contributed by atoms with Crippen LogP contribution < -0.4 is 10.6 Å². The fraction of sp³-hybridized carbons (Fsp3) is 0.788. The minimum atomic E-state index is -1.02. The molecule has 2 aromatic rings. The molecule has 4 saturated carbocycles. The number of likely N-dealkylation sites (N-methyl/N-ethyl adjacent to an activating group) is 1. The summed E-state index contributed by atoms with van der Waals surface area (Å²) in [7, 11) is 3.38. The highest BCUT2D eigenvalue weighted by Crippen LogP contribution is 2.70. The topological polar surface area (TPSA) is 257 Å². The van der Waals surface area contributed by atoms with E-state index in [9.17, 15) is 34.5 Å². The maximum Gasteiger partial charge on any atom is 0.331 e. The lowest BCUT2D eigenvalue weighted by molar-refractivity contribution is -0.245. The van der Waals surface area contributed by atoms with Gasteiger partial charge in [0.05, 0.1) is 36.4 Å². The number of methoxy groups -OCH3 is 1. The molecule has 5 fully saturated rings. The highest BCUT2D eigenvalue weighted by molar-refractivity contribution is 5.85. The van der Waals surface area contributed by atoms with Crippen LogP contribution in [-0.4, -0.2) is 152 Å². The van der Waals surface area contributed by atoms with Gasteiger partial charge in [-0.25, -0.2) is 19.7 Å². The molecule has 6 N–H and O–H groups in total. The van der Waals surface area contributed by atoms with Crippen molar-refractivity contribution in [2.45, 2.75) is 178 Å². The lowest BCUT2D eigenvalue weighted by atomic mass is 9.42. The molecule has 1 saturated heterocycles. The molecule has 2 unspecified atom stereocenters. The second kappa shape index (κ2) is 23.0. The first kappa shape index (κ1) is 53.2. The molecule has 0 radical (unpaired) electrons. The fourth-order valence-electron chi connectivity index (χ4n) is 14.0. The first-order valence-corrected chi connectivity index (χ1v) is 26.4. The molecule has 19 heteroatoms. The first-order chi connectivity index (χ1) is 34.1. The van der Waals surface area contributed by atoms with Gasteiger partial charge >= 0.3 is 11.9 Å². The Morgan fingerprint density at radius 1 is 0.915 bits per heavy atom. The molecular formula is C52H79N7O12. The predicted molar refractivity (Wildman–Crippen MR) is 259 cm³/mol. The quantitative estimate of drug-likeness (QED) is 0.0631. The van der Waals surface area contributed by atoms with E-state index in [-0.39, 0.29) is 66.6 Å². The number of carbonyl (C=O) groups excluding carboxylic acids is 3. The van der Waals surface area contributed by atoms with Crippen LogP contribution in [0.2, 0.25) is 0 Å². The molecule has 8 rings (SSSR count). The summed E-state index contributed by atoms with van der Waals surface area (Å²) < 4.78 is 25.2. The zero-order valence-electron chi connectivity index (χ0n) is 42.3. The Balaban J connectivity index is 0.670.